The summed E-state index contributed by atoms with van der Waals surface area (Å²) in [5, 5.41) is 5.70. The first kappa shape index (κ1) is 19.5. The fourth-order valence-corrected chi connectivity index (χ4v) is 2.40. The first-order valence-electron chi connectivity index (χ1n) is 8.45. The van der Waals surface area contributed by atoms with Gasteiger partial charge in [-0.3, -0.25) is 14.5 Å². The zero-order valence-corrected chi connectivity index (χ0v) is 15.4. The van der Waals surface area contributed by atoms with Crippen molar-refractivity contribution in [2.24, 2.45) is 0 Å². The van der Waals surface area contributed by atoms with Gasteiger partial charge in [-0.25, -0.2) is 0 Å². The number of amides is 2. The van der Waals surface area contributed by atoms with Crippen molar-refractivity contribution in [3.8, 4) is 5.75 Å². The van der Waals surface area contributed by atoms with Crippen molar-refractivity contribution in [2.75, 3.05) is 26.0 Å². The van der Waals surface area contributed by atoms with Crippen LogP contribution in [0.25, 0.3) is 0 Å². The minimum Gasteiger partial charge on any atom is -0.497 e. The lowest BCUT2D eigenvalue weighted by molar-refractivity contribution is -0.126. The highest BCUT2D eigenvalue weighted by molar-refractivity contribution is 5.93. The molecular weight excluding hydrogens is 330 g/mol. The maximum absolute atomic E-state index is 12.3. The molecule has 0 radical (unpaired) electrons. The average molecular weight is 355 g/mol. The number of rotatable bonds is 8. The Bertz CT molecular complexity index is 734. The van der Waals surface area contributed by atoms with Crippen molar-refractivity contribution in [3.05, 3.63) is 60.2 Å². The van der Waals surface area contributed by atoms with Crippen LogP contribution in [-0.4, -0.2) is 43.5 Å². The lowest BCUT2D eigenvalue weighted by atomic mass is 10.2. The molecule has 26 heavy (non-hydrogen) atoms. The molecule has 2 aromatic rings. The number of hydrogen-bond donors (Lipinski definition) is 2. The van der Waals surface area contributed by atoms with E-state index in [0.29, 0.717) is 18.0 Å². The highest BCUT2D eigenvalue weighted by atomic mass is 16.5. The number of likely N-dealkylation sites (N-methyl/N-ethyl adjacent to an activating group) is 1. The number of ether oxygens (including phenoxy) is 1. The van der Waals surface area contributed by atoms with Gasteiger partial charge in [-0.05, 0) is 31.7 Å². The Kier molecular flexibility index (Phi) is 7.17. The van der Waals surface area contributed by atoms with Crippen LogP contribution in [0.4, 0.5) is 5.69 Å². The molecule has 0 heterocycles. The largest absolute Gasteiger partial charge is 0.497 e. The average Bonchev–Trinajstić information content (AvgIpc) is 2.66. The fourth-order valence-electron chi connectivity index (χ4n) is 2.40. The summed E-state index contributed by atoms with van der Waals surface area (Å²) in [4.78, 5) is 26.2. The Morgan fingerprint density at radius 2 is 1.85 bits per heavy atom. The van der Waals surface area contributed by atoms with Gasteiger partial charge in [-0.1, -0.05) is 36.4 Å². The molecule has 0 aromatic heterocycles. The van der Waals surface area contributed by atoms with Crippen LogP contribution in [0, 0.1) is 0 Å². The van der Waals surface area contributed by atoms with Gasteiger partial charge in [0.25, 0.3) is 0 Å². The smallest absolute Gasteiger partial charge is 0.238 e. The van der Waals surface area contributed by atoms with E-state index in [1.807, 2.05) is 30.3 Å². The second kappa shape index (κ2) is 9.58. The molecule has 0 unspecified atom stereocenters. The summed E-state index contributed by atoms with van der Waals surface area (Å²) in [5.74, 6) is 0.360. The monoisotopic (exact) mass is 355 g/mol. The number of nitrogens with one attached hydrogen (secondary N) is 2. The lowest BCUT2D eigenvalue weighted by Gasteiger charge is -2.23. The lowest BCUT2D eigenvalue weighted by Crippen LogP contribution is -2.45. The Hall–Kier alpha value is -2.86. The van der Waals surface area contributed by atoms with Crippen LogP contribution < -0.4 is 15.4 Å². The van der Waals surface area contributed by atoms with Gasteiger partial charge in [-0.2, -0.15) is 0 Å². The van der Waals surface area contributed by atoms with Gasteiger partial charge in [-0.15, -0.1) is 0 Å². The molecule has 2 aromatic carbocycles. The molecule has 0 saturated heterocycles. The molecule has 1 atom stereocenters. The maximum Gasteiger partial charge on any atom is 0.238 e. The van der Waals surface area contributed by atoms with Gasteiger partial charge in [0.1, 0.15) is 5.75 Å². The second-order valence-electron chi connectivity index (χ2n) is 6.07. The van der Waals surface area contributed by atoms with Gasteiger partial charge >= 0.3 is 0 Å². The van der Waals surface area contributed by atoms with E-state index in [0.717, 1.165) is 5.56 Å². The van der Waals surface area contributed by atoms with E-state index in [-0.39, 0.29) is 18.4 Å². The molecule has 6 heteroatoms. The van der Waals surface area contributed by atoms with Gasteiger partial charge in [0.05, 0.1) is 19.7 Å². The molecule has 0 saturated carbocycles. The Balaban J connectivity index is 1.82. The standard InChI is InChI=1S/C20H25N3O3/c1-15(20(25)21-13-16-8-5-4-6-9-16)23(2)14-19(24)22-17-10-7-11-18(12-17)26-3/h4-12,15H,13-14H2,1-3H3,(H,21,25)(H,22,24)/t15-/m0/s1. The fraction of sp³-hybridized carbons (Fsp3) is 0.300. The molecule has 2 N–H and O–H groups in total. The number of hydrogen-bond acceptors (Lipinski definition) is 4. The predicted molar refractivity (Wildman–Crippen MR) is 102 cm³/mol. The molecule has 138 valence electrons. The zero-order chi connectivity index (χ0) is 18.9. The van der Waals surface area contributed by atoms with Crippen molar-refractivity contribution in [2.45, 2.75) is 19.5 Å². The Morgan fingerprint density at radius 3 is 2.54 bits per heavy atom. The Morgan fingerprint density at radius 1 is 1.12 bits per heavy atom. The van der Waals surface area contributed by atoms with Gasteiger partial charge in [0, 0.05) is 18.3 Å². The summed E-state index contributed by atoms with van der Waals surface area (Å²) in [5.41, 5.74) is 1.69. The molecule has 0 aliphatic rings. The summed E-state index contributed by atoms with van der Waals surface area (Å²) in [6.45, 7) is 2.35. The van der Waals surface area contributed by atoms with Crippen LogP contribution in [0.3, 0.4) is 0 Å². The minimum absolute atomic E-state index is 0.108. The molecule has 2 amide bonds. The maximum atomic E-state index is 12.3. The molecule has 0 aliphatic heterocycles. The van der Waals surface area contributed by atoms with E-state index in [2.05, 4.69) is 10.6 Å². The highest BCUT2D eigenvalue weighted by Crippen LogP contribution is 2.16. The van der Waals surface area contributed by atoms with Crippen LogP contribution in [-0.2, 0) is 16.1 Å². The summed E-state index contributed by atoms with van der Waals surface area (Å²) >= 11 is 0. The van der Waals surface area contributed by atoms with Crippen molar-refractivity contribution in [1.82, 2.24) is 10.2 Å². The molecule has 0 spiro atoms. The molecule has 2 rings (SSSR count). The van der Waals surface area contributed by atoms with E-state index in [4.69, 9.17) is 4.74 Å². The zero-order valence-electron chi connectivity index (χ0n) is 15.4. The van der Waals surface area contributed by atoms with Gasteiger partial charge in [0.2, 0.25) is 11.8 Å². The third-order valence-corrected chi connectivity index (χ3v) is 4.10. The van der Waals surface area contributed by atoms with Crippen molar-refractivity contribution >= 4 is 17.5 Å². The number of nitrogens with zero attached hydrogens (tertiary/aromatic N) is 1. The van der Waals surface area contributed by atoms with Crippen molar-refractivity contribution < 1.29 is 14.3 Å². The third kappa shape index (κ3) is 5.89. The van der Waals surface area contributed by atoms with Crippen molar-refractivity contribution in [1.29, 1.82) is 0 Å². The SMILES string of the molecule is COc1cccc(NC(=O)CN(C)[C@@H](C)C(=O)NCc2ccccc2)c1. The minimum atomic E-state index is -0.422. The number of carbonyl (C=O) groups excluding carboxylic acids is 2. The van der Waals surface area contributed by atoms with E-state index < -0.39 is 6.04 Å². The number of benzene rings is 2. The molecule has 0 aliphatic carbocycles. The molecular formula is C20H25N3O3. The highest BCUT2D eigenvalue weighted by Gasteiger charge is 2.20. The quantitative estimate of drug-likeness (QED) is 0.762. The van der Waals surface area contributed by atoms with Crippen LogP contribution >= 0.6 is 0 Å². The summed E-state index contributed by atoms with van der Waals surface area (Å²) in [6, 6.07) is 16.4. The van der Waals surface area contributed by atoms with E-state index in [1.54, 1.807) is 50.2 Å². The summed E-state index contributed by atoms with van der Waals surface area (Å²) in [7, 11) is 3.32. The van der Waals surface area contributed by atoms with Crippen LogP contribution in [0.5, 0.6) is 5.75 Å². The third-order valence-electron chi connectivity index (χ3n) is 4.10. The van der Waals surface area contributed by atoms with Gasteiger partial charge < -0.3 is 15.4 Å². The number of anilines is 1. The normalized spacial score (nSPS) is 11.7. The van der Waals surface area contributed by atoms with E-state index >= 15 is 0 Å². The van der Waals surface area contributed by atoms with E-state index in [1.165, 1.54) is 0 Å². The molecule has 0 fully saturated rings. The number of methoxy groups -OCH3 is 1. The second-order valence-corrected chi connectivity index (χ2v) is 6.07. The topological polar surface area (TPSA) is 70.7 Å². The van der Waals surface area contributed by atoms with Crippen LogP contribution in [0.1, 0.15) is 12.5 Å². The number of carbonyl (C=O) groups is 2. The predicted octanol–water partition coefficient (Wildman–Crippen LogP) is 2.27. The van der Waals surface area contributed by atoms with Crippen LogP contribution in [0.15, 0.2) is 54.6 Å². The summed E-state index contributed by atoms with van der Waals surface area (Å²) in [6.07, 6.45) is 0. The van der Waals surface area contributed by atoms with Gasteiger partial charge in [0.15, 0.2) is 0 Å². The van der Waals surface area contributed by atoms with E-state index in [9.17, 15) is 9.59 Å². The first-order chi connectivity index (χ1) is 12.5. The summed E-state index contributed by atoms with van der Waals surface area (Å²) < 4.78 is 5.14. The molecule has 0 bridgehead atoms. The molecule has 6 nitrogen and oxygen atoms in total. The van der Waals surface area contributed by atoms with Crippen LogP contribution in [0.2, 0.25) is 0 Å². The van der Waals surface area contributed by atoms with Crippen molar-refractivity contribution in [3.63, 3.8) is 0 Å². The first-order valence-corrected chi connectivity index (χ1v) is 8.45. The Labute approximate surface area is 154 Å².